The van der Waals surface area contributed by atoms with E-state index in [1.165, 1.54) is 6.07 Å². The van der Waals surface area contributed by atoms with Gasteiger partial charge < -0.3 is 20.7 Å². The van der Waals surface area contributed by atoms with Crippen LogP contribution >= 0.6 is 0 Å². The van der Waals surface area contributed by atoms with Crippen LogP contribution in [0.15, 0.2) is 47.5 Å². The van der Waals surface area contributed by atoms with Crippen molar-refractivity contribution >= 4 is 17.6 Å². The van der Waals surface area contributed by atoms with E-state index in [0.717, 1.165) is 23.4 Å². The third-order valence-corrected chi connectivity index (χ3v) is 4.65. The van der Waals surface area contributed by atoms with Crippen molar-refractivity contribution in [2.45, 2.75) is 32.5 Å². The molecule has 1 aliphatic rings. The number of nitrogens with zero attached hydrogens (tertiary/aromatic N) is 1. The quantitative estimate of drug-likeness (QED) is 0.353. The van der Waals surface area contributed by atoms with Crippen LogP contribution in [0.1, 0.15) is 30.0 Å². The molecule has 2 aromatic carbocycles. The second kappa shape index (κ2) is 10.2. The van der Waals surface area contributed by atoms with Gasteiger partial charge in [-0.05, 0) is 54.8 Å². The SMILES string of the molecule is CCNC(=NCc1cccc(C(F)(F)F)c1)NCCOc1ccc2c(c1)CCC(=O)N2. The lowest BCUT2D eigenvalue weighted by atomic mass is 10.0. The summed E-state index contributed by atoms with van der Waals surface area (Å²) in [6.45, 7) is 3.48. The first-order valence-electron chi connectivity index (χ1n) is 10.1. The lowest BCUT2D eigenvalue weighted by Crippen LogP contribution is -2.39. The zero-order chi connectivity index (χ0) is 22.3. The Morgan fingerprint density at radius 1 is 1.16 bits per heavy atom. The fraction of sp³-hybridized carbons (Fsp3) is 0.364. The number of benzene rings is 2. The Bertz CT molecular complexity index is 945. The van der Waals surface area contributed by atoms with E-state index in [4.69, 9.17) is 4.74 Å². The van der Waals surface area contributed by atoms with Crippen LogP contribution < -0.4 is 20.7 Å². The molecule has 0 spiro atoms. The van der Waals surface area contributed by atoms with Crippen LogP contribution in [0.3, 0.4) is 0 Å². The van der Waals surface area contributed by atoms with Crippen LogP contribution in [-0.2, 0) is 23.9 Å². The average molecular weight is 434 g/mol. The van der Waals surface area contributed by atoms with Crippen molar-refractivity contribution in [3.8, 4) is 5.75 Å². The minimum absolute atomic E-state index is 0.0192. The van der Waals surface area contributed by atoms with E-state index in [0.29, 0.717) is 49.8 Å². The molecule has 3 N–H and O–H groups in total. The predicted molar refractivity (Wildman–Crippen MR) is 113 cm³/mol. The highest BCUT2D eigenvalue weighted by atomic mass is 19.4. The van der Waals surface area contributed by atoms with Gasteiger partial charge in [0.1, 0.15) is 12.4 Å². The Kier molecular flexibility index (Phi) is 7.38. The van der Waals surface area contributed by atoms with Crippen molar-refractivity contribution < 1.29 is 22.7 Å². The highest BCUT2D eigenvalue weighted by Gasteiger charge is 2.30. The number of guanidine groups is 1. The highest BCUT2D eigenvalue weighted by Crippen LogP contribution is 2.29. The first-order valence-corrected chi connectivity index (χ1v) is 10.1. The number of aliphatic imine (C=N–C) groups is 1. The Balaban J connectivity index is 1.51. The van der Waals surface area contributed by atoms with Crippen LogP contribution in [0.5, 0.6) is 5.75 Å². The summed E-state index contributed by atoms with van der Waals surface area (Å²) in [6, 6.07) is 10.7. The number of ether oxygens (including phenoxy) is 1. The summed E-state index contributed by atoms with van der Waals surface area (Å²) < 4.78 is 44.3. The molecule has 31 heavy (non-hydrogen) atoms. The number of aryl methyl sites for hydroxylation is 1. The average Bonchev–Trinajstić information content (AvgIpc) is 2.74. The van der Waals surface area contributed by atoms with Crippen LogP contribution in [-0.4, -0.2) is 31.6 Å². The molecule has 1 aliphatic heterocycles. The molecular weight excluding hydrogens is 409 g/mol. The number of fused-ring (bicyclic) bond motifs is 1. The van der Waals surface area contributed by atoms with Gasteiger partial charge in [0, 0.05) is 18.7 Å². The van der Waals surface area contributed by atoms with E-state index in [9.17, 15) is 18.0 Å². The van der Waals surface area contributed by atoms with E-state index in [1.807, 2.05) is 19.1 Å². The van der Waals surface area contributed by atoms with Crippen molar-refractivity contribution in [3.05, 3.63) is 59.2 Å². The molecule has 0 saturated heterocycles. The monoisotopic (exact) mass is 434 g/mol. The zero-order valence-corrected chi connectivity index (χ0v) is 17.2. The fourth-order valence-electron chi connectivity index (χ4n) is 3.15. The highest BCUT2D eigenvalue weighted by molar-refractivity contribution is 5.94. The topological polar surface area (TPSA) is 74.8 Å². The molecule has 166 valence electrons. The number of anilines is 1. The molecule has 2 aromatic rings. The van der Waals surface area contributed by atoms with E-state index in [2.05, 4.69) is 20.9 Å². The van der Waals surface area contributed by atoms with Gasteiger partial charge in [0.05, 0.1) is 18.7 Å². The molecule has 0 aliphatic carbocycles. The first kappa shape index (κ1) is 22.5. The molecule has 0 bridgehead atoms. The summed E-state index contributed by atoms with van der Waals surface area (Å²) >= 11 is 0. The molecule has 0 atom stereocenters. The normalized spacial score (nSPS) is 13.9. The number of carbonyl (C=O) groups excluding carboxylic acids is 1. The summed E-state index contributed by atoms with van der Waals surface area (Å²) in [7, 11) is 0. The maximum atomic E-state index is 12.9. The maximum absolute atomic E-state index is 12.9. The largest absolute Gasteiger partial charge is 0.492 e. The number of rotatable bonds is 7. The van der Waals surface area contributed by atoms with Crippen molar-refractivity contribution in [3.63, 3.8) is 0 Å². The van der Waals surface area contributed by atoms with Crippen molar-refractivity contribution in [1.82, 2.24) is 10.6 Å². The first-order chi connectivity index (χ1) is 14.8. The number of alkyl halides is 3. The van der Waals surface area contributed by atoms with E-state index in [1.54, 1.807) is 12.1 Å². The molecular formula is C22H25F3N4O2. The lowest BCUT2D eigenvalue weighted by molar-refractivity contribution is -0.137. The minimum Gasteiger partial charge on any atom is -0.492 e. The molecule has 1 amide bonds. The van der Waals surface area contributed by atoms with Gasteiger partial charge in [-0.25, -0.2) is 4.99 Å². The van der Waals surface area contributed by atoms with Crippen LogP contribution in [0.25, 0.3) is 0 Å². The van der Waals surface area contributed by atoms with Gasteiger partial charge in [-0.3, -0.25) is 4.79 Å². The van der Waals surface area contributed by atoms with Crippen LogP contribution in [0.2, 0.25) is 0 Å². The van der Waals surface area contributed by atoms with Gasteiger partial charge in [-0.1, -0.05) is 12.1 Å². The summed E-state index contributed by atoms with van der Waals surface area (Å²) in [4.78, 5) is 15.8. The van der Waals surface area contributed by atoms with E-state index < -0.39 is 11.7 Å². The van der Waals surface area contributed by atoms with E-state index in [-0.39, 0.29) is 12.5 Å². The second-order valence-electron chi connectivity index (χ2n) is 7.04. The van der Waals surface area contributed by atoms with Gasteiger partial charge in [0.15, 0.2) is 5.96 Å². The second-order valence-corrected chi connectivity index (χ2v) is 7.04. The Morgan fingerprint density at radius 2 is 2.00 bits per heavy atom. The Labute approximate surface area is 178 Å². The molecule has 9 heteroatoms. The maximum Gasteiger partial charge on any atom is 0.416 e. The van der Waals surface area contributed by atoms with Gasteiger partial charge in [0.2, 0.25) is 5.91 Å². The third kappa shape index (κ3) is 6.63. The third-order valence-electron chi connectivity index (χ3n) is 4.65. The lowest BCUT2D eigenvalue weighted by Gasteiger charge is -2.18. The van der Waals surface area contributed by atoms with E-state index >= 15 is 0 Å². The number of hydrogen-bond donors (Lipinski definition) is 3. The number of nitrogens with one attached hydrogen (secondary N) is 3. The molecule has 0 saturated carbocycles. The summed E-state index contributed by atoms with van der Waals surface area (Å²) in [5.74, 6) is 1.23. The number of carbonyl (C=O) groups is 1. The fourth-order valence-corrected chi connectivity index (χ4v) is 3.15. The standard InChI is InChI=1S/C22H25F3N4O2/c1-2-26-21(28-14-15-4-3-5-17(12-15)22(23,24)25)27-10-11-31-18-7-8-19-16(13-18)6-9-20(30)29-19/h3-5,7-8,12-13H,2,6,9-11,14H2,1H3,(H,29,30)(H2,26,27,28). The van der Waals surface area contributed by atoms with Crippen LogP contribution in [0.4, 0.5) is 18.9 Å². The zero-order valence-electron chi connectivity index (χ0n) is 17.2. The van der Waals surface area contributed by atoms with Crippen molar-refractivity contribution in [2.75, 3.05) is 25.0 Å². The van der Waals surface area contributed by atoms with Crippen molar-refractivity contribution in [2.24, 2.45) is 4.99 Å². The number of hydrogen-bond acceptors (Lipinski definition) is 3. The molecule has 1 heterocycles. The van der Waals surface area contributed by atoms with Crippen molar-refractivity contribution in [1.29, 1.82) is 0 Å². The number of amides is 1. The minimum atomic E-state index is -4.37. The molecule has 0 unspecified atom stereocenters. The van der Waals surface area contributed by atoms with Gasteiger partial charge >= 0.3 is 6.18 Å². The Hall–Kier alpha value is -3.23. The van der Waals surface area contributed by atoms with Gasteiger partial charge in [-0.2, -0.15) is 13.2 Å². The molecule has 0 radical (unpaired) electrons. The molecule has 0 aromatic heterocycles. The number of halogens is 3. The Morgan fingerprint density at radius 3 is 2.77 bits per heavy atom. The smallest absolute Gasteiger partial charge is 0.416 e. The van der Waals surface area contributed by atoms with Gasteiger partial charge in [-0.15, -0.1) is 0 Å². The molecule has 6 nitrogen and oxygen atoms in total. The summed E-state index contributed by atoms with van der Waals surface area (Å²) in [6.07, 6.45) is -3.22. The summed E-state index contributed by atoms with van der Waals surface area (Å²) in [5, 5.41) is 9.00. The summed E-state index contributed by atoms with van der Waals surface area (Å²) in [5.41, 5.74) is 1.65. The predicted octanol–water partition coefficient (Wildman–Crippen LogP) is 3.72. The molecule has 3 rings (SSSR count). The molecule has 0 fully saturated rings. The van der Waals surface area contributed by atoms with Crippen LogP contribution in [0, 0.1) is 0 Å². The van der Waals surface area contributed by atoms with Gasteiger partial charge in [0.25, 0.3) is 0 Å².